The van der Waals surface area contributed by atoms with Gasteiger partial charge in [-0.2, -0.15) is 0 Å². The first kappa shape index (κ1) is 36.9. The summed E-state index contributed by atoms with van der Waals surface area (Å²) in [7, 11) is 0. The van der Waals surface area contributed by atoms with Crippen molar-refractivity contribution in [2.45, 2.75) is 130 Å². The highest BCUT2D eigenvalue weighted by molar-refractivity contribution is 5.94. The number of ether oxygens (including phenoxy) is 2. The largest absolute Gasteiger partial charge is 0.514 e. The zero-order valence-electron chi connectivity index (χ0n) is 30.8. The number of fused-ring (bicyclic) bond motifs is 1. The highest BCUT2D eigenvalue weighted by atomic mass is 16.7. The summed E-state index contributed by atoms with van der Waals surface area (Å²) >= 11 is 0. The lowest BCUT2D eigenvalue weighted by Gasteiger charge is -2.28. The van der Waals surface area contributed by atoms with Gasteiger partial charge in [-0.3, -0.25) is 4.90 Å². The Hall–Kier alpha value is -4.33. The molecule has 0 spiro atoms. The number of unbranched alkanes of at least 4 members (excludes halogenated alkanes) is 4. The highest BCUT2D eigenvalue weighted by Gasteiger charge is 2.23. The smallest absolute Gasteiger partial charge is 0.428 e. The summed E-state index contributed by atoms with van der Waals surface area (Å²) in [4.78, 5) is 33.3. The first-order chi connectivity index (χ1) is 24.1. The third-order valence-electron chi connectivity index (χ3n) is 9.37. The molecule has 8 heteroatoms. The van der Waals surface area contributed by atoms with Gasteiger partial charge in [-0.05, 0) is 81.8 Å². The molecule has 1 N–H and O–H groups in total. The van der Waals surface area contributed by atoms with Crippen LogP contribution in [0.25, 0.3) is 22.2 Å². The average molecular weight is 681 g/mol. The summed E-state index contributed by atoms with van der Waals surface area (Å²) < 4.78 is 13.3. The zero-order chi connectivity index (χ0) is 35.5. The minimum absolute atomic E-state index is 0.0107. The van der Waals surface area contributed by atoms with Gasteiger partial charge in [0.2, 0.25) is 0 Å². The van der Waals surface area contributed by atoms with Gasteiger partial charge in [0.1, 0.15) is 17.2 Å². The topological polar surface area (TPSA) is 85.7 Å². The lowest BCUT2D eigenvalue weighted by atomic mass is 9.96. The molecule has 0 radical (unpaired) electrons. The van der Waals surface area contributed by atoms with Gasteiger partial charge >= 0.3 is 12.2 Å². The molecule has 0 atom stereocenters. The van der Waals surface area contributed by atoms with Crippen molar-refractivity contribution in [2.75, 3.05) is 11.4 Å². The van der Waals surface area contributed by atoms with E-state index in [1.165, 1.54) is 25.7 Å². The SMILES string of the molecule is CCCCCCN(C(=O)NC1CCCCC1)c1ccc2nc(CCCC)n(Cc3ccc(-c4ccccc4OC(=O)OC(C)(C)C)cc3)c2c1. The lowest BCUT2D eigenvalue weighted by Crippen LogP contribution is -2.46. The van der Waals surface area contributed by atoms with Gasteiger partial charge in [-0.15, -0.1) is 0 Å². The third kappa shape index (κ3) is 10.1. The van der Waals surface area contributed by atoms with E-state index in [4.69, 9.17) is 14.5 Å². The Bertz CT molecular complexity index is 1700. The molecule has 1 aliphatic carbocycles. The van der Waals surface area contributed by atoms with Crippen LogP contribution in [0.4, 0.5) is 15.3 Å². The van der Waals surface area contributed by atoms with E-state index in [-0.39, 0.29) is 12.1 Å². The summed E-state index contributed by atoms with van der Waals surface area (Å²) in [5.41, 5.74) is 5.16. The van der Waals surface area contributed by atoms with Crippen LogP contribution in [0.15, 0.2) is 66.7 Å². The summed E-state index contributed by atoms with van der Waals surface area (Å²) in [5, 5.41) is 3.37. The van der Waals surface area contributed by atoms with Crippen LogP contribution in [0.1, 0.15) is 117 Å². The normalized spacial score (nSPS) is 13.7. The van der Waals surface area contributed by atoms with Gasteiger partial charge in [0.15, 0.2) is 0 Å². The summed E-state index contributed by atoms with van der Waals surface area (Å²) in [6.45, 7) is 11.2. The van der Waals surface area contributed by atoms with Crippen molar-refractivity contribution in [1.82, 2.24) is 14.9 Å². The van der Waals surface area contributed by atoms with Crippen LogP contribution in [0.3, 0.4) is 0 Å². The van der Waals surface area contributed by atoms with Crippen LogP contribution < -0.4 is 15.0 Å². The maximum absolute atomic E-state index is 13.8. The van der Waals surface area contributed by atoms with E-state index in [2.05, 4.69) is 66.2 Å². The van der Waals surface area contributed by atoms with Gasteiger partial charge in [0.05, 0.1) is 11.0 Å². The second-order valence-corrected chi connectivity index (χ2v) is 14.6. The van der Waals surface area contributed by atoms with Crippen molar-refractivity contribution < 1.29 is 19.1 Å². The van der Waals surface area contributed by atoms with E-state index < -0.39 is 11.8 Å². The molecular weight excluding hydrogens is 624 g/mol. The fraction of sp³-hybridized carbons (Fsp3) is 0.500. The molecule has 1 saturated carbocycles. The number of aromatic nitrogens is 2. The van der Waals surface area contributed by atoms with Gasteiger partial charge in [0.25, 0.3) is 0 Å². The number of rotatable bonds is 14. The first-order valence-corrected chi connectivity index (χ1v) is 18.8. The zero-order valence-corrected chi connectivity index (χ0v) is 30.8. The van der Waals surface area contributed by atoms with E-state index in [1.807, 2.05) is 43.9 Å². The molecule has 1 fully saturated rings. The highest BCUT2D eigenvalue weighted by Crippen LogP contribution is 2.32. The molecule has 1 aliphatic rings. The fourth-order valence-electron chi connectivity index (χ4n) is 6.70. The molecule has 0 aliphatic heterocycles. The summed E-state index contributed by atoms with van der Waals surface area (Å²) in [6, 6.07) is 22.5. The van der Waals surface area contributed by atoms with Crippen molar-refractivity contribution in [2.24, 2.45) is 0 Å². The molecule has 268 valence electrons. The molecule has 0 bridgehead atoms. The van der Waals surface area contributed by atoms with Crippen LogP contribution in [0.5, 0.6) is 5.75 Å². The van der Waals surface area contributed by atoms with Gasteiger partial charge < -0.3 is 19.4 Å². The fourth-order valence-corrected chi connectivity index (χ4v) is 6.70. The van der Waals surface area contributed by atoms with E-state index in [9.17, 15) is 9.59 Å². The Balaban J connectivity index is 1.42. The second-order valence-electron chi connectivity index (χ2n) is 14.6. The molecule has 2 amide bonds. The van der Waals surface area contributed by atoms with Crippen LogP contribution in [0, 0.1) is 0 Å². The van der Waals surface area contributed by atoms with E-state index in [0.29, 0.717) is 18.8 Å². The van der Waals surface area contributed by atoms with E-state index >= 15 is 0 Å². The van der Waals surface area contributed by atoms with Crippen molar-refractivity contribution in [3.05, 3.63) is 78.1 Å². The minimum atomic E-state index is -0.724. The third-order valence-corrected chi connectivity index (χ3v) is 9.37. The number of aryl methyl sites for hydroxylation is 1. The number of hydrogen-bond donors (Lipinski definition) is 1. The van der Waals surface area contributed by atoms with Crippen molar-refractivity contribution in [3.63, 3.8) is 0 Å². The van der Waals surface area contributed by atoms with E-state index in [1.54, 1.807) is 6.07 Å². The molecule has 5 rings (SSSR count). The predicted octanol–water partition coefficient (Wildman–Crippen LogP) is 10.8. The lowest BCUT2D eigenvalue weighted by molar-refractivity contribution is 0.0207. The van der Waals surface area contributed by atoms with Crippen LogP contribution in [-0.4, -0.2) is 39.9 Å². The number of benzene rings is 3. The molecule has 4 aromatic rings. The second kappa shape index (κ2) is 17.6. The number of para-hydroxylation sites is 1. The molecular formula is C42H56N4O4. The maximum Gasteiger partial charge on any atom is 0.514 e. The number of nitrogens with one attached hydrogen (secondary N) is 1. The van der Waals surface area contributed by atoms with Crippen LogP contribution >= 0.6 is 0 Å². The number of carbonyl (C=O) groups excluding carboxylic acids is 2. The standard InChI is InChI=1S/C42H56N4O4/c1-6-8-10-16-28-45(40(47)43-33-17-12-11-13-18-33)34-26-27-36-37(29-34)46(39(44-36)21-9-7-2)30-31-22-24-32(25-23-31)35-19-14-15-20-38(35)49-41(48)50-42(3,4)5/h14-15,19-20,22-27,29,33H,6-13,16-18,21,28,30H2,1-5H3,(H,43,47). The van der Waals surface area contributed by atoms with Crippen molar-refractivity contribution in [1.29, 1.82) is 0 Å². The minimum Gasteiger partial charge on any atom is -0.428 e. The molecule has 50 heavy (non-hydrogen) atoms. The average Bonchev–Trinajstić information content (AvgIpc) is 3.43. The molecule has 0 saturated heterocycles. The Morgan fingerprint density at radius 2 is 1.64 bits per heavy atom. The Kier molecular flexibility index (Phi) is 13.0. The van der Waals surface area contributed by atoms with Gasteiger partial charge in [-0.25, -0.2) is 14.6 Å². The van der Waals surface area contributed by atoms with Crippen molar-refractivity contribution in [3.8, 4) is 16.9 Å². The Morgan fingerprint density at radius 1 is 0.900 bits per heavy atom. The number of hydrogen-bond acceptors (Lipinski definition) is 5. The quantitative estimate of drug-likeness (QED) is 0.0814. The predicted molar refractivity (Wildman–Crippen MR) is 203 cm³/mol. The molecule has 8 nitrogen and oxygen atoms in total. The summed E-state index contributed by atoms with van der Waals surface area (Å²) in [5.74, 6) is 1.51. The first-order valence-electron chi connectivity index (χ1n) is 18.8. The maximum atomic E-state index is 13.8. The monoisotopic (exact) mass is 680 g/mol. The Morgan fingerprint density at radius 3 is 2.36 bits per heavy atom. The number of anilines is 1. The van der Waals surface area contributed by atoms with E-state index in [0.717, 1.165) is 90.6 Å². The molecule has 3 aromatic carbocycles. The molecule has 1 heterocycles. The van der Waals surface area contributed by atoms with Crippen LogP contribution in [-0.2, 0) is 17.7 Å². The van der Waals surface area contributed by atoms with Crippen LogP contribution in [0.2, 0.25) is 0 Å². The number of carbonyl (C=O) groups is 2. The molecule has 0 unspecified atom stereocenters. The van der Waals surface area contributed by atoms with Gasteiger partial charge in [-0.1, -0.05) is 101 Å². The summed E-state index contributed by atoms with van der Waals surface area (Å²) in [6.07, 6.45) is 12.5. The number of imidazole rings is 1. The van der Waals surface area contributed by atoms with Crippen molar-refractivity contribution >= 4 is 28.9 Å². The molecule has 1 aromatic heterocycles. The number of amides is 2. The Labute approximate surface area is 298 Å². The van der Waals surface area contributed by atoms with Gasteiger partial charge in [0, 0.05) is 36.8 Å². The number of urea groups is 1. The number of nitrogens with zero attached hydrogens (tertiary/aromatic N) is 3.